The summed E-state index contributed by atoms with van der Waals surface area (Å²) < 4.78 is 17.1. The molecule has 0 spiro atoms. The summed E-state index contributed by atoms with van der Waals surface area (Å²) in [7, 11) is -3.92. The van der Waals surface area contributed by atoms with Crippen molar-refractivity contribution in [1.82, 2.24) is 5.32 Å². The van der Waals surface area contributed by atoms with Crippen molar-refractivity contribution in [2.45, 2.75) is 38.6 Å². The van der Waals surface area contributed by atoms with E-state index in [4.69, 9.17) is 26.1 Å². The monoisotopic (exact) mass is 507 g/mol. The second-order valence-electron chi connectivity index (χ2n) is 8.01. The van der Waals surface area contributed by atoms with Crippen LogP contribution in [0.3, 0.4) is 0 Å². The maximum Gasteiger partial charge on any atom is 0.325 e. The molecule has 33 heavy (non-hydrogen) atoms. The standard InChI is InChI=1S/C25H31ClNO4PS/c26-22-11-8-20(9-12-22)6-2-1-3-15-31-24-13-10-21(18-23(24)25-7-4-17-33-25)19-27-14-5-16-32(28,29)30/h4,7-13,17-18,27H,1-3,5-6,14-16,19H2,(H2,28,29,30). The first-order valence-electron chi connectivity index (χ1n) is 11.2. The van der Waals surface area contributed by atoms with Crippen LogP contribution in [0.4, 0.5) is 0 Å². The number of benzene rings is 2. The van der Waals surface area contributed by atoms with Gasteiger partial charge >= 0.3 is 7.60 Å². The Hall–Kier alpha value is -1.66. The third-order valence-electron chi connectivity index (χ3n) is 5.24. The largest absolute Gasteiger partial charge is 0.493 e. The topological polar surface area (TPSA) is 78.8 Å². The zero-order valence-electron chi connectivity index (χ0n) is 18.6. The number of halogens is 1. The van der Waals surface area contributed by atoms with Gasteiger partial charge in [0.1, 0.15) is 5.75 Å². The molecule has 5 nitrogen and oxygen atoms in total. The van der Waals surface area contributed by atoms with E-state index in [0.29, 0.717) is 26.1 Å². The quantitative estimate of drug-likeness (QED) is 0.171. The molecule has 3 aromatic rings. The second kappa shape index (κ2) is 13.3. The molecule has 1 aromatic heterocycles. The summed E-state index contributed by atoms with van der Waals surface area (Å²) in [6.45, 7) is 1.89. The maximum absolute atomic E-state index is 10.9. The van der Waals surface area contributed by atoms with E-state index >= 15 is 0 Å². The lowest BCUT2D eigenvalue weighted by atomic mass is 10.1. The van der Waals surface area contributed by atoms with Crippen molar-refractivity contribution in [3.8, 4) is 16.2 Å². The van der Waals surface area contributed by atoms with E-state index in [1.807, 2.05) is 30.3 Å². The van der Waals surface area contributed by atoms with Gasteiger partial charge in [0.05, 0.1) is 12.8 Å². The van der Waals surface area contributed by atoms with Crippen molar-refractivity contribution in [2.75, 3.05) is 19.3 Å². The molecular weight excluding hydrogens is 477 g/mol. The van der Waals surface area contributed by atoms with E-state index in [9.17, 15) is 4.57 Å². The van der Waals surface area contributed by atoms with Crippen LogP contribution in [-0.4, -0.2) is 29.1 Å². The minimum absolute atomic E-state index is 0.0904. The van der Waals surface area contributed by atoms with Gasteiger partial charge in [0.15, 0.2) is 0 Å². The first-order valence-corrected chi connectivity index (χ1v) is 14.3. The molecule has 0 bridgehead atoms. The van der Waals surface area contributed by atoms with Crippen molar-refractivity contribution < 1.29 is 19.1 Å². The number of hydrogen-bond acceptors (Lipinski definition) is 4. The zero-order chi connectivity index (χ0) is 23.5. The van der Waals surface area contributed by atoms with Gasteiger partial charge in [-0.15, -0.1) is 11.3 Å². The van der Waals surface area contributed by atoms with Gasteiger partial charge in [0, 0.05) is 22.0 Å². The molecule has 2 aromatic carbocycles. The third kappa shape index (κ3) is 9.62. The first kappa shape index (κ1) is 26.0. The van der Waals surface area contributed by atoms with Crippen LogP contribution in [0.25, 0.3) is 10.4 Å². The lowest BCUT2D eigenvalue weighted by Gasteiger charge is -2.13. The van der Waals surface area contributed by atoms with E-state index in [-0.39, 0.29) is 6.16 Å². The summed E-state index contributed by atoms with van der Waals surface area (Å²) in [6, 6.07) is 18.4. The lowest BCUT2D eigenvalue weighted by Crippen LogP contribution is -2.15. The van der Waals surface area contributed by atoms with Crippen LogP contribution in [-0.2, 0) is 17.5 Å². The summed E-state index contributed by atoms with van der Waals surface area (Å²) in [5.41, 5.74) is 3.51. The van der Waals surface area contributed by atoms with E-state index in [1.54, 1.807) is 11.3 Å². The van der Waals surface area contributed by atoms with Gasteiger partial charge in [-0.2, -0.15) is 0 Å². The Bertz CT molecular complexity index is 1020. The SMILES string of the molecule is O=P(O)(O)CCCNCc1ccc(OCCCCCc2ccc(Cl)cc2)c(-c2cccs2)c1. The van der Waals surface area contributed by atoms with E-state index in [2.05, 4.69) is 35.0 Å². The average molecular weight is 508 g/mol. The van der Waals surface area contributed by atoms with E-state index < -0.39 is 7.60 Å². The van der Waals surface area contributed by atoms with Gasteiger partial charge in [-0.1, -0.05) is 35.9 Å². The number of thiophene rings is 1. The highest BCUT2D eigenvalue weighted by Gasteiger charge is 2.12. The number of hydrogen-bond donors (Lipinski definition) is 3. The highest BCUT2D eigenvalue weighted by Crippen LogP contribution is 2.35. The van der Waals surface area contributed by atoms with Gasteiger partial charge < -0.3 is 19.8 Å². The second-order valence-corrected chi connectivity index (χ2v) is 11.2. The fourth-order valence-corrected chi connectivity index (χ4v) is 4.96. The van der Waals surface area contributed by atoms with Gasteiger partial charge in [0.2, 0.25) is 0 Å². The van der Waals surface area contributed by atoms with Crippen LogP contribution >= 0.6 is 30.5 Å². The third-order valence-corrected chi connectivity index (χ3v) is 7.30. The summed E-state index contributed by atoms with van der Waals surface area (Å²) in [6.07, 6.45) is 4.63. The molecule has 0 saturated heterocycles. The highest BCUT2D eigenvalue weighted by atomic mass is 35.5. The average Bonchev–Trinajstić information content (AvgIpc) is 3.32. The Morgan fingerprint density at radius 2 is 1.76 bits per heavy atom. The fourth-order valence-electron chi connectivity index (χ4n) is 3.52. The van der Waals surface area contributed by atoms with Crippen LogP contribution < -0.4 is 10.1 Å². The number of nitrogens with one attached hydrogen (secondary N) is 1. The van der Waals surface area contributed by atoms with Crippen LogP contribution in [0.15, 0.2) is 60.0 Å². The summed E-state index contributed by atoms with van der Waals surface area (Å²) in [4.78, 5) is 19.1. The first-order chi connectivity index (χ1) is 15.9. The molecular formula is C25H31ClNO4PS. The van der Waals surface area contributed by atoms with E-state index in [1.165, 1.54) is 5.56 Å². The lowest BCUT2D eigenvalue weighted by molar-refractivity contribution is 0.306. The maximum atomic E-state index is 10.9. The van der Waals surface area contributed by atoms with Gasteiger partial charge in [-0.3, -0.25) is 4.57 Å². The molecule has 178 valence electrons. The Labute approximate surface area is 204 Å². The van der Waals surface area contributed by atoms with Gasteiger partial charge in [-0.05, 0) is 85.5 Å². The Morgan fingerprint density at radius 1 is 0.970 bits per heavy atom. The predicted molar refractivity (Wildman–Crippen MR) is 137 cm³/mol. The Morgan fingerprint density at radius 3 is 2.48 bits per heavy atom. The van der Waals surface area contributed by atoms with Gasteiger partial charge in [0.25, 0.3) is 0 Å². The van der Waals surface area contributed by atoms with Crippen LogP contribution in [0.2, 0.25) is 5.02 Å². The fraction of sp³-hybridized carbons (Fsp3) is 0.360. The van der Waals surface area contributed by atoms with Crippen LogP contribution in [0.1, 0.15) is 36.8 Å². The molecule has 8 heteroatoms. The summed E-state index contributed by atoms with van der Waals surface area (Å²) in [5.74, 6) is 0.889. The molecule has 3 rings (SSSR count). The van der Waals surface area contributed by atoms with Crippen LogP contribution in [0.5, 0.6) is 5.75 Å². The predicted octanol–water partition coefficient (Wildman–Crippen LogP) is 6.52. The number of rotatable bonds is 14. The van der Waals surface area contributed by atoms with Crippen molar-refractivity contribution in [2.24, 2.45) is 0 Å². The zero-order valence-corrected chi connectivity index (χ0v) is 21.0. The molecule has 0 aliphatic heterocycles. The van der Waals surface area contributed by atoms with Crippen molar-refractivity contribution in [3.63, 3.8) is 0 Å². The highest BCUT2D eigenvalue weighted by molar-refractivity contribution is 7.51. The van der Waals surface area contributed by atoms with Crippen LogP contribution in [0, 0.1) is 0 Å². The molecule has 0 radical (unpaired) electrons. The normalized spacial score (nSPS) is 11.6. The minimum Gasteiger partial charge on any atom is -0.493 e. The molecule has 0 saturated carbocycles. The molecule has 0 aliphatic rings. The molecule has 0 fully saturated rings. The molecule has 3 N–H and O–H groups in total. The van der Waals surface area contributed by atoms with Crippen molar-refractivity contribution >= 4 is 30.5 Å². The van der Waals surface area contributed by atoms with E-state index in [0.717, 1.165) is 52.5 Å². The van der Waals surface area contributed by atoms with Crippen molar-refractivity contribution in [1.29, 1.82) is 0 Å². The molecule has 0 aliphatic carbocycles. The molecule has 0 unspecified atom stereocenters. The Balaban J connectivity index is 1.46. The molecule has 1 heterocycles. The smallest absolute Gasteiger partial charge is 0.325 e. The minimum atomic E-state index is -3.92. The number of ether oxygens (including phenoxy) is 1. The van der Waals surface area contributed by atoms with Crippen molar-refractivity contribution in [3.05, 3.63) is 76.1 Å². The number of unbranched alkanes of at least 4 members (excludes halogenated alkanes) is 2. The summed E-state index contributed by atoms with van der Waals surface area (Å²) >= 11 is 7.62. The molecule has 0 amide bonds. The Kier molecular flexibility index (Phi) is 10.4. The van der Waals surface area contributed by atoms with Gasteiger partial charge in [-0.25, -0.2) is 0 Å². The summed E-state index contributed by atoms with van der Waals surface area (Å²) in [5, 5.41) is 6.09. The molecule has 0 atom stereocenters. The number of aryl methyl sites for hydroxylation is 1.